The van der Waals surface area contributed by atoms with Gasteiger partial charge in [0, 0.05) is 24.3 Å². The number of rotatable bonds is 11. The smallest absolute Gasteiger partial charge is 0.417 e. The number of halogens is 4. The van der Waals surface area contributed by atoms with Crippen LogP contribution in [0.25, 0.3) is 0 Å². The molecule has 218 valence electrons. The zero-order valence-corrected chi connectivity index (χ0v) is 22.6. The first kappa shape index (κ1) is 31.2. The van der Waals surface area contributed by atoms with Crippen molar-refractivity contribution in [3.63, 3.8) is 0 Å². The van der Waals surface area contributed by atoms with Crippen LogP contribution in [-0.2, 0) is 17.5 Å². The Morgan fingerprint density at radius 1 is 1.05 bits per heavy atom. The Hall–Kier alpha value is -3.31. The summed E-state index contributed by atoms with van der Waals surface area (Å²) in [7, 11) is 0. The fourth-order valence-corrected chi connectivity index (χ4v) is 5.06. The number of carbonyl (C=O) groups is 3. The summed E-state index contributed by atoms with van der Waals surface area (Å²) in [5, 5.41) is 23.5. The molecule has 1 saturated carbocycles. The van der Waals surface area contributed by atoms with Gasteiger partial charge in [0.05, 0.1) is 29.7 Å². The van der Waals surface area contributed by atoms with Crippen LogP contribution >= 0.6 is 11.6 Å². The van der Waals surface area contributed by atoms with Gasteiger partial charge in [-0.05, 0) is 48.2 Å². The number of urea groups is 1. The minimum absolute atomic E-state index is 0.0238. The number of carboxylic acid groups (broad SMARTS) is 1. The highest BCUT2D eigenvalue weighted by molar-refractivity contribution is 6.31. The third-order valence-electron chi connectivity index (χ3n) is 6.96. The normalized spacial score (nSPS) is 14.8. The zero-order chi connectivity index (χ0) is 29.3. The molecule has 1 aliphatic rings. The number of hydrogen-bond acceptors (Lipinski definition) is 4. The fourth-order valence-electron chi connectivity index (χ4n) is 4.83. The van der Waals surface area contributed by atoms with Gasteiger partial charge in [-0.25, -0.2) is 4.79 Å². The molecule has 3 amide bonds. The molecule has 0 heterocycles. The van der Waals surface area contributed by atoms with Gasteiger partial charge in [-0.3, -0.25) is 9.59 Å². The van der Waals surface area contributed by atoms with Crippen molar-refractivity contribution in [2.75, 3.05) is 18.5 Å². The molecule has 2 aromatic rings. The van der Waals surface area contributed by atoms with Crippen LogP contribution in [0, 0.1) is 5.92 Å². The molecular formula is C28H33ClF3N3O5. The summed E-state index contributed by atoms with van der Waals surface area (Å²) in [5.74, 6) is -1.17. The van der Waals surface area contributed by atoms with Crippen LogP contribution in [0.4, 0.5) is 23.7 Å². The number of amides is 3. The topological polar surface area (TPSA) is 119 Å². The number of benzene rings is 2. The lowest BCUT2D eigenvalue weighted by Crippen LogP contribution is -2.45. The number of aliphatic hydroxyl groups excluding tert-OH is 1. The van der Waals surface area contributed by atoms with E-state index in [4.69, 9.17) is 16.7 Å². The number of alkyl halides is 3. The summed E-state index contributed by atoms with van der Waals surface area (Å²) in [6, 6.07) is 8.17. The maximum Gasteiger partial charge on any atom is 0.417 e. The van der Waals surface area contributed by atoms with E-state index in [2.05, 4.69) is 10.6 Å². The van der Waals surface area contributed by atoms with E-state index in [9.17, 15) is 32.7 Å². The summed E-state index contributed by atoms with van der Waals surface area (Å²) in [5.41, 5.74) is -0.232. The predicted molar refractivity (Wildman–Crippen MR) is 144 cm³/mol. The second kappa shape index (κ2) is 14.4. The van der Waals surface area contributed by atoms with Crippen molar-refractivity contribution in [3.8, 4) is 0 Å². The Morgan fingerprint density at radius 3 is 2.33 bits per heavy atom. The van der Waals surface area contributed by atoms with Crippen LogP contribution in [-0.4, -0.2) is 52.2 Å². The van der Waals surface area contributed by atoms with Crippen LogP contribution in [0.3, 0.4) is 0 Å². The predicted octanol–water partition coefficient (Wildman–Crippen LogP) is 5.93. The summed E-state index contributed by atoms with van der Waals surface area (Å²) in [4.78, 5) is 37.8. The molecule has 3 rings (SSSR count). The van der Waals surface area contributed by atoms with Crippen LogP contribution in [0.5, 0.6) is 0 Å². The van der Waals surface area contributed by atoms with Crippen molar-refractivity contribution in [2.24, 2.45) is 5.92 Å². The number of nitrogens with zero attached hydrogens (tertiary/aromatic N) is 1. The third kappa shape index (κ3) is 9.12. The van der Waals surface area contributed by atoms with Crippen LogP contribution in [0.15, 0.2) is 42.5 Å². The van der Waals surface area contributed by atoms with E-state index in [-0.39, 0.29) is 31.8 Å². The van der Waals surface area contributed by atoms with Gasteiger partial charge in [0.15, 0.2) is 0 Å². The van der Waals surface area contributed by atoms with E-state index in [1.54, 1.807) is 12.1 Å². The number of anilines is 1. The first-order chi connectivity index (χ1) is 19.0. The molecule has 2 aromatic carbocycles. The molecule has 0 radical (unpaired) electrons. The van der Waals surface area contributed by atoms with Crippen molar-refractivity contribution >= 4 is 35.2 Å². The van der Waals surface area contributed by atoms with E-state index >= 15 is 0 Å². The van der Waals surface area contributed by atoms with Crippen LogP contribution in [0.2, 0.25) is 5.02 Å². The van der Waals surface area contributed by atoms with Gasteiger partial charge in [0.1, 0.15) is 0 Å². The van der Waals surface area contributed by atoms with Gasteiger partial charge >= 0.3 is 18.2 Å². The van der Waals surface area contributed by atoms with Crippen LogP contribution in [0.1, 0.15) is 66.4 Å². The molecule has 1 fully saturated rings. The summed E-state index contributed by atoms with van der Waals surface area (Å²) >= 11 is 5.71. The minimum atomic E-state index is -4.70. The van der Waals surface area contributed by atoms with E-state index in [1.165, 1.54) is 23.1 Å². The molecule has 0 spiro atoms. The Bertz CT molecular complexity index is 1170. The van der Waals surface area contributed by atoms with Crippen molar-refractivity contribution < 1.29 is 37.8 Å². The summed E-state index contributed by atoms with van der Waals surface area (Å²) < 4.78 is 40.1. The quantitative estimate of drug-likeness (QED) is 0.261. The lowest BCUT2D eigenvalue weighted by atomic mass is 9.84. The van der Waals surface area contributed by atoms with Crippen molar-refractivity contribution in [1.29, 1.82) is 0 Å². The second-order valence-corrected chi connectivity index (χ2v) is 10.3. The Morgan fingerprint density at radius 2 is 1.73 bits per heavy atom. The SMILES string of the molecule is O=C(O)CCNC(=O)c1ccc(CN(C(=O)Nc2ccc(Cl)c(C(F)(F)F)c2)C(CO)CC2CCCCC2)cc1. The Balaban J connectivity index is 1.80. The molecule has 1 atom stereocenters. The molecule has 1 unspecified atom stereocenters. The molecule has 0 bridgehead atoms. The molecule has 0 aromatic heterocycles. The fraction of sp³-hybridized carbons (Fsp3) is 0.464. The first-order valence-electron chi connectivity index (χ1n) is 13.1. The van der Waals surface area contributed by atoms with Gasteiger partial charge in [0.2, 0.25) is 0 Å². The highest BCUT2D eigenvalue weighted by Crippen LogP contribution is 2.36. The number of hydrogen-bond donors (Lipinski definition) is 4. The van der Waals surface area contributed by atoms with E-state index in [1.807, 2.05) is 0 Å². The standard InChI is InChI=1S/C28H33ClF3N3O5/c29-24-11-10-21(15-23(24)28(30,31)32)34-27(40)35(22(17-36)14-18-4-2-1-3-5-18)16-19-6-8-20(9-7-19)26(39)33-13-12-25(37)38/h6-11,15,18,22,36H,1-5,12-14,16-17H2,(H,33,39)(H,34,40)(H,37,38). The number of carboxylic acids is 1. The van der Waals surface area contributed by atoms with Gasteiger partial charge in [-0.1, -0.05) is 55.8 Å². The number of carbonyl (C=O) groups excluding carboxylic acids is 2. The van der Waals surface area contributed by atoms with E-state index in [0.29, 0.717) is 23.5 Å². The third-order valence-corrected chi connectivity index (χ3v) is 7.29. The van der Waals surface area contributed by atoms with Crippen molar-refractivity contribution in [3.05, 3.63) is 64.2 Å². The molecular weight excluding hydrogens is 551 g/mol. The molecule has 4 N–H and O–H groups in total. The molecule has 8 nitrogen and oxygen atoms in total. The lowest BCUT2D eigenvalue weighted by molar-refractivity contribution is -0.138. The zero-order valence-electron chi connectivity index (χ0n) is 21.8. The highest BCUT2D eigenvalue weighted by Gasteiger charge is 2.34. The summed E-state index contributed by atoms with van der Waals surface area (Å²) in [6.07, 6.45) is 0.851. The Labute approximate surface area is 235 Å². The molecule has 40 heavy (non-hydrogen) atoms. The van der Waals surface area contributed by atoms with Gasteiger partial charge in [0.25, 0.3) is 5.91 Å². The average molecular weight is 584 g/mol. The highest BCUT2D eigenvalue weighted by atomic mass is 35.5. The second-order valence-electron chi connectivity index (χ2n) is 9.92. The lowest BCUT2D eigenvalue weighted by Gasteiger charge is -2.34. The monoisotopic (exact) mass is 583 g/mol. The molecule has 1 aliphatic carbocycles. The Kier molecular flexibility index (Phi) is 11.2. The average Bonchev–Trinajstić information content (AvgIpc) is 2.91. The van der Waals surface area contributed by atoms with Crippen molar-refractivity contribution in [2.45, 2.75) is 63.7 Å². The van der Waals surface area contributed by atoms with Gasteiger partial charge in [-0.2, -0.15) is 13.2 Å². The maximum absolute atomic E-state index is 13.4. The van der Waals surface area contributed by atoms with Gasteiger partial charge in [-0.15, -0.1) is 0 Å². The molecule has 0 saturated heterocycles. The maximum atomic E-state index is 13.4. The van der Waals surface area contributed by atoms with Crippen LogP contribution < -0.4 is 10.6 Å². The molecule has 0 aliphatic heterocycles. The van der Waals surface area contributed by atoms with Gasteiger partial charge < -0.3 is 25.7 Å². The molecule has 12 heteroatoms. The first-order valence-corrected chi connectivity index (χ1v) is 13.5. The van der Waals surface area contributed by atoms with E-state index < -0.39 is 40.7 Å². The largest absolute Gasteiger partial charge is 0.481 e. The van der Waals surface area contributed by atoms with Crippen molar-refractivity contribution in [1.82, 2.24) is 10.2 Å². The van der Waals surface area contributed by atoms with E-state index in [0.717, 1.165) is 44.2 Å². The minimum Gasteiger partial charge on any atom is -0.481 e. The number of aliphatic hydroxyl groups is 1. The number of nitrogens with one attached hydrogen (secondary N) is 2. The summed E-state index contributed by atoms with van der Waals surface area (Å²) in [6.45, 7) is -0.323. The number of aliphatic carboxylic acids is 1.